The molecule has 5 nitrogen and oxygen atoms in total. The normalized spacial score (nSPS) is 20.7. The van der Waals surface area contributed by atoms with Crippen LogP contribution >= 0.6 is 0 Å². The van der Waals surface area contributed by atoms with Gasteiger partial charge in [-0.25, -0.2) is 0 Å². The number of piperazine rings is 2. The van der Waals surface area contributed by atoms with Gasteiger partial charge in [-0.05, 0) is 90.0 Å². The predicted molar refractivity (Wildman–Crippen MR) is 175 cm³/mol. The van der Waals surface area contributed by atoms with Crippen LogP contribution < -0.4 is 0 Å². The number of hydrogen-bond donors (Lipinski definition) is 0. The summed E-state index contributed by atoms with van der Waals surface area (Å²) in [5, 5.41) is 0. The molecule has 2 rings (SSSR count). The Morgan fingerprint density at radius 1 is 0.625 bits per heavy atom. The second-order valence-corrected chi connectivity index (χ2v) is 17.2. The minimum absolute atomic E-state index is 0.0455. The minimum Gasteiger partial charge on any atom is -0.375 e. The molecule has 0 bridgehead atoms. The highest BCUT2D eigenvalue weighted by Crippen LogP contribution is 2.41. The third-order valence-electron chi connectivity index (χ3n) is 11.3. The quantitative estimate of drug-likeness (QED) is 0.211. The summed E-state index contributed by atoms with van der Waals surface area (Å²) < 4.78 is 6.28. The third kappa shape index (κ3) is 10.2. The number of nitrogens with zero attached hydrogens (tertiary/aromatic N) is 4. The van der Waals surface area contributed by atoms with Crippen LogP contribution in [0.2, 0.25) is 0 Å². The maximum Gasteiger partial charge on any atom is 0.0649 e. The average Bonchev–Trinajstić information content (AvgIpc) is 2.82. The summed E-state index contributed by atoms with van der Waals surface area (Å²) in [6, 6.07) is 0. The van der Waals surface area contributed by atoms with Crippen molar-refractivity contribution >= 4 is 0 Å². The first-order chi connectivity index (χ1) is 18.2. The molecule has 0 aromatic carbocycles. The molecule has 5 heteroatoms. The fourth-order valence-corrected chi connectivity index (χ4v) is 6.77. The third-order valence-corrected chi connectivity index (χ3v) is 11.3. The van der Waals surface area contributed by atoms with E-state index in [4.69, 9.17) is 4.74 Å². The van der Waals surface area contributed by atoms with Crippen LogP contribution in [0.1, 0.15) is 116 Å². The van der Waals surface area contributed by atoms with E-state index in [0.717, 1.165) is 18.9 Å². The molecule has 40 heavy (non-hydrogen) atoms. The lowest BCUT2D eigenvalue weighted by molar-refractivity contribution is -0.0667. The molecule has 2 aliphatic heterocycles. The molecule has 0 amide bonds. The smallest absolute Gasteiger partial charge is 0.0649 e. The van der Waals surface area contributed by atoms with Crippen LogP contribution in [0.15, 0.2) is 0 Å². The van der Waals surface area contributed by atoms with E-state index < -0.39 is 0 Å². The summed E-state index contributed by atoms with van der Waals surface area (Å²) in [6.07, 6.45) is 3.65. The van der Waals surface area contributed by atoms with Crippen molar-refractivity contribution in [2.45, 2.75) is 133 Å². The van der Waals surface area contributed by atoms with Gasteiger partial charge < -0.3 is 14.5 Å². The van der Waals surface area contributed by atoms with Crippen LogP contribution in [0, 0.1) is 22.7 Å². The van der Waals surface area contributed by atoms with Crippen molar-refractivity contribution in [1.82, 2.24) is 19.6 Å². The van der Waals surface area contributed by atoms with Crippen LogP contribution in [-0.2, 0) is 4.74 Å². The zero-order valence-corrected chi connectivity index (χ0v) is 29.8. The van der Waals surface area contributed by atoms with Crippen LogP contribution in [0.4, 0.5) is 0 Å². The molecule has 238 valence electrons. The molecule has 0 aromatic heterocycles. The predicted octanol–water partition coefficient (Wildman–Crippen LogP) is 7.11. The van der Waals surface area contributed by atoms with Gasteiger partial charge in [0.15, 0.2) is 0 Å². The van der Waals surface area contributed by atoms with Gasteiger partial charge in [-0.3, -0.25) is 9.80 Å². The van der Waals surface area contributed by atoms with Gasteiger partial charge in [0, 0.05) is 76.6 Å². The van der Waals surface area contributed by atoms with Crippen molar-refractivity contribution in [2.24, 2.45) is 22.7 Å². The minimum atomic E-state index is -0.0455. The molecular formula is C35H72N4O. The van der Waals surface area contributed by atoms with Crippen LogP contribution in [-0.4, -0.2) is 108 Å². The molecule has 0 spiro atoms. The van der Waals surface area contributed by atoms with E-state index in [9.17, 15) is 0 Å². The van der Waals surface area contributed by atoms with Gasteiger partial charge in [0.1, 0.15) is 0 Å². The molecule has 0 saturated carbocycles. The molecular weight excluding hydrogens is 492 g/mol. The maximum absolute atomic E-state index is 6.28. The summed E-state index contributed by atoms with van der Waals surface area (Å²) in [5.74, 6) is 1.28. The van der Waals surface area contributed by atoms with Gasteiger partial charge >= 0.3 is 0 Å². The van der Waals surface area contributed by atoms with Crippen LogP contribution in [0.3, 0.4) is 0 Å². The van der Waals surface area contributed by atoms with Crippen molar-refractivity contribution in [1.29, 1.82) is 0 Å². The highest BCUT2D eigenvalue weighted by atomic mass is 16.5. The van der Waals surface area contributed by atoms with Crippen LogP contribution in [0.25, 0.3) is 0 Å². The highest BCUT2D eigenvalue weighted by Gasteiger charge is 2.43. The molecule has 2 saturated heterocycles. The first-order valence-corrected chi connectivity index (χ1v) is 16.8. The van der Waals surface area contributed by atoms with Gasteiger partial charge in [-0.1, -0.05) is 55.4 Å². The maximum atomic E-state index is 6.28. The fraction of sp³-hybridized carbons (Fsp3) is 1.00. The van der Waals surface area contributed by atoms with Gasteiger partial charge in [0.05, 0.1) is 5.60 Å². The number of rotatable bonds is 15. The van der Waals surface area contributed by atoms with E-state index in [0.29, 0.717) is 16.7 Å². The zero-order chi connectivity index (χ0) is 30.6. The molecule has 0 aliphatic carbocycles. The molecule has 0 N–H and O–H groups in total. The molecule has 0 unspecified atom stereocenters. The molecule has 2 aliphatic rings. The lowest BCUT2D eigenvalue weighted by atomic mass is 9.68. The Labute approximate surface area is 251 Å². The van der Waals surface area contributed by atoms with Crippen LogP contribution in [0.5, 0.6) is 0 Å². The van der Waals surface area contributed by atoms with Gasteiger partial charge in [-0.2, -0.15) is 0 Å². The van der Waals surface area contributed by atoms with E-state index in [1.165, 1.54) is 78.3 Å². The van der Waals surface area contributed by atoms with E-state index >= 15 is 0 Å². The van der Waals surface area contributed by atoms with Crippen molar-refractivity contribution < 1.29 is 4.74 Å². The van der Waals surface area contributed by atoms with E-state index in [1.807, 2.05) is 0 Å². The van der Waals surface area contributed by atoms with Crippen molar-refractivity contribution in [3.8, 4) is 0 Å². The monoisotopic (exact) mass is 565 g/mol. The van der Waals surface area contributed by atoms with Gasteiger partial charge in [-0.15, -0.1) is 0 Å². The number of ether oxygens (including phenoxy) is 1. The standard InChI is InChI=1S/C35H72N4O/c1-29(2)27-32(7,8)35(13,14)39-24-20-37(21-25-39)28-31(5,6)15-17-36-18-22-38(23-19-36)33(9,10)16-26-40-34(11,12)30(3)4/h29-30H,15-28H2,1-14H3. The molecule has 0 atom stereocenters. The topological polar surface area (TPSA) is 22.2 Å². The van der Waals surface area contributed by atoms with Crippen molar-refractivity contribution in [3.05, 3.63) is 0 Å². The van der Waals surface area contributed by atoms with E-state index in [-0.39, 0.29) is 16.7 Å². The Morgan fingerprint density at radius 2 is 1.12 bits per heavy atom. The highest BCUT2D eigenvalue weighted by molar-refractivity contribution is 4.97. The Balaban J connectivity index is 1.74. The van der Waals surface area contributed by atoms with E-state index in [1.54, 1.807) is 0 Å². The van der Waals surface area contributed by atoms with Crippen molar-refractivity contribution in [3.63, 3.8) is 0 Å². The summed E-state index contributed by atoms with van der Waals surface area (Å²) >= 11 is 0. The summed E-state index contributed by atoms with van der Waals surface area (Å²) in [7, 11) is 0. The lowest BCUT2D eigenvalue weighted by Crippen LogP contribution is -2.61. The SMILES string of the molecule is CC(C)CC(C)(C)C(C)(C)N1CCN(CC(C)(C)CCN2CCN(C(C)(C)CCOC(C)(C)C(C)C)CC2)CC1. The Kier molecular flexibility index (Phi) is 12.6. The van der Waals surface area contributed by atoms with Gasteiger partial charge in [0.2, 0.25) is 0 Å². The molecule has 0 aromatic rings. The Hall–Kier alpha value is -0.200. The summed E-state index contributed by atoms with van der Waals surface area (Å²) in [5.41, 5.74) is 1.05. The Morgan fingerprint density at radius 3 is 1.62 bits per heavy atom. The average molecular weight is 565 g/mol. The molecule has 2 heterocycles. The van der Waals surface area contributed by atoms with Crippen molar-refractivity contribution in [2.75, 3.05) is 72.1 Å². The molecule has 2 fully saturated rings. The van der Waals surface area contributed by atoms with E-state index in [2.05, 4.69) is 117 Å². The Bertz CT molecular complexity index is 738. The molecule has 0 radical (unpaired) electrons. The fourth-order valence-electron chi connectivity index (χ4n) is 6.77. The lowest BCUT2D eigenvalue weighted by Gasteiger charge is -2.53. The second kappa shape index (κ2) is 14.1. The first kappa shape index (κ1) is 36.0. The second-order valence-electron chi connectivity index (χ2n) is 17.2. The summed E-state index contributed by atoms with van der Waals surface area (Å²) in [4.78, 5) is 10.9. The largest absolute Gasteiger partial charge is 0.375 e. The number of hydrogen-bond acceptors (Lipinski definition) is 5. The summed E-state index contributed by atoms with van der Waals surface area (Å²) in [6.45, 7) is 46.2. The van der Waals surface area contributed by atoms with Gasteiger partial charge in [0.25, 0.3) is 0 Å². The first-order valence-electron chi connectivity index (χ1n) is 16.8. The zero-order valence-electron chi connectivity index (χ0n) is 29.8.